The summed E-state index contributed by atoms with van der Waals surface area (Å²) in [6.07, 6.45) is 7.45. The van der Waals surface area contributed by atoms with E-state index in [1.54, 1.807) is 0 Å². The van der Waals surface area contributed by atoms with Crippen molar-refractivity contribution in [3.8, 4) is 12.3 Å². The van der Waals surface area contributed by atoms with Crippen LogP contribution in [0.3, 0.4) is 0 Å². The van der Waals surface area contributed by atoms with Crippen LogP contribution in [0.4, 0.5) is 5.69 Å². The van der Waals surface area contributed by atoms with Crippen LogP contribution >= 0.6 is 0 Å². The van der Waals surface area contributed by atoms with Gasteiger partial charge in [-0.3, -0.25) is 0 Å². The average Bonchev–Trinajstić information content (AvgIpc) is 2.18. The topological polar surface area (TPSA) is 12.0 Å². The molecule has 0 aliphatic rings. The van der Waals surface area contributed by atoms with Gasteiger partial charge in [-0.25, -0.2) is 0 Å². The first-order chi connectivity index (χ1) is 6.72. The van der Waals surface area contributed by atoms with Crippen LogP contribution in [0.15, 0.2) is 35.9 Å². The lowest BCUT2D eigenvalue weighted by Crippen LogP contribution is -1.98. The van der Waals surface area contributed by atoms with Crippen molar-refractivity contribution in [1.82, 2.24) is 0 Å². The molecule has 14 heavy (non-hydrogen) atoms. The van der Waals surface area contributed by atoms with Crippen LogP contribution in [-0.4, -0.2) is 6.54 Å². The molecule has 0 radical (unpaired) electrons. The molecular formula is C13H15N. The highest BCUT2D eigenvalue weighted by Gasteiger charge is 1.90. The number of hydrogen-bond acceptors (Lipinski definition) is 1. The van der Waals surface area contributed by atoms with Gasteiger partial charge in [0.1, 0.15) is 0 Å². The van der Waals surface area contributed by atoms with Gasteiger partial charge in [0, 0.05) is 17.8 Å². The summed E-state index contributed by atoms with van der Waals surface area (Å²) in [4.78, 5) is 0. The van der Waals surface area contributed by atoms with Crippen molar-refractivity contribution >= 4 is 5.69 Å². The summed E-state index contributed by atoms with van der Waals surface area (Å²) < 4.78 is 0. The number of hydrogen-bond donors (Lipinski definition) is 1. The minimum atomic E-state index is 0.844. The maximum Gasteiger partial charge on any atom is 0.0355 e. The molecule has 0 saturated carbocycles. The van der Waals surface area contributed by atoms with Gasteiger partial charge in [-0.1, -0.05) is 23.6 Å². The third kappa shape index (κ3) is 3.37. The summed E-state index contributed by atoms with van der Waals surface area (Å²) >= 11 is 0. The number of nitrogens with one attached hydrogen (secondary N) is 1. The number of anilines is 1. The van der Waals surface area contributed by atoms with Crippen molar-refractivity contribution < 1.29 is 0 Å². The standard InChI is InChI=1S/C13H15N/c1-4-12-6-5-7-13(10-12)14-9-8-11(2)3/h1,5-8,10,14H,9H2,2-3H3. The molecular weight excluding hydrogens is 170 g/mol. The molecule has 0 saturated heterocycles. The molecule has 0 aliphatic carbocycles. The Morgan fingerprint density at radius 2 is 2.29 bits per heavy atom. The van der Waals surface area contributed by atoms with E-state index in [-0.39, 0.29) is 0 Å². The van der Waals surface area contributed by atoms with Gasteiger partial charge in [0.2, 0.25) is 0 Å². The minimum Gasteiger partial charge on any atom is -0.382 e. The van der Waals surface area contributed by atoms with Crippen molar-refractivity contribution in [2.75, 3.05) is 11.9 Å². The first-order valence-corrected chi connectivity index (χ1v) is 4.66. The van der Waals surface area contributed by atoms with Gasteiger partial charge in [-0.05, 0) is 32.0 Å². The van der Waals surface area contributed by atoms with Crippen LogP contribution in [0.5, 0.6) is 0 Å². The largest absolute Gasteiger partial charge is 0.382 e. The highest BCUT2D eigenvalue weighted by atomic mass is 14.8. The first kappa shape index (κ1) is 10.4. The van der Waals surface area contributed by atoms with E-state index in [1.165, 1.54) is 5.57 Å². The number of allylic oxidation sites excluding steroid dienone is 1. The van der Waals surface area contributed by atoms with Gasteiger partial charge in [0.05, 0.1) is 0 Å². The Balaban J connectivity index is 2.60. The van der Waals surface area contributed by atoms with E-state index in [9.17, 15) is 0 Å². The molecule has 72 valence electrons. The molecule has 1 N–H and O–H groups in total. The molecule has 0 aliphatic heterocycles. The molecule has 1 nitrogen and oxygen atoms in total. The average molecular weight is 185 g/mol. The molecule has 0 unspecified atom stereocenters. The lowest BCUT2D eigenvalue weighted by Gasteiger charge is -2.03. The van der Waals surface area contributed by atoms with Crippen LogP contribution in [0.1, 0.15) is 19.4 Å². The summed E-state index contributed by atoms with van der Waals surface area (Å²) in [7, 11) is 0. The van der Waals surface area contributed by atoms with Gasteiger partial charge in [0.25, 0.3) is 0 Å². The van der Waals surface area contributed by atoms with Crippen molar-refractivity contribution in [2.24, 2.45) is 0 Å². The Morgan fingerprint density at radius 3 is 2.93 bits per heavy atom. The van der Waals surface area contributed by atoms with Crippen molar-refractivity contribution in [2.45, 2.75) is 13.8 Å². The second kappa shape index (κ2) is 5.14. The van der Waals surface area contributed by atoms with Crippen LogP contribution in [-0.2, 0) is 0 Å². The maximum absolute atomic E-state index is 5.31. The van der Waals surface area contributed by atoms with Crippen molar-refractivity contribution in [1.29, 1.82) is 0 Å². The Bertz CT molecular complexity index is 365. The smallest absolute Gasteiger partial charge is 0.0355 e. The zero-order chi connectivity index (χ0) is 10.4. The van der Waals surface area contributed by atoms with E-state index in [2.05, 4.69) is 31.2 Å². The second-order valence-electron chi connectivity index (χ2n) is 3.39. The van der Waals surface area contributed by atoms with E-state index in [4.69, 9.17) is 6.42 Å². The zero-order valence-electron chi connectivity index (χ0n) is 8.67. The number of rotatable bonds is 3. The second-order valence-corrected chi connectivity index (χ2v) is 3.39. The molecule has 0 fully saturated rings. The fourth-order valence-electron chi connectivity index (χ4n) is 1.09. The molecule has 0 bridgehead atoms. The molecule has 1 aromatic carbocycles. The molecule has 0 amide bonds. The molecule has 1 aromatic rings. The zero-order valence-corrected chi connectivity index (χ0v) is 8.67. The van der Waals surface area contributed by atoms with Crippen LogP contribution < -0.4 is 5.32 Å². The van der Waals surface area contributed by atoms with Gasteiger partial charge in [-0.15, -0.1) is 6.42 Å². The fourth-order valence-corrected chi connectivity index (χ4v) is 1.09. The quantitative estimate of drug-likeness (QED) is 0.563. The molecule has 1 rings (SSSR count). The first-order valence-electron chi connectivity index (χ1n) is 4.66. The van der Waals surface area contributed by atoms with Crippen LogP contribution in [0.25, 0.3) is 0 Å². The highest BCUT2D eigenvalue weighted by molar-refractivity contribution is 5.50. The fraction of sp³-hybridized carbons (Fsp3) is 0.231. The lowest BCUT2D eigenvalue weighted by molar-refractivity contribution is 1.26. The Hall–Kier alpha value is -1.68. The Labute approximate surface area is 85.8 Å². The van der Waals surface area contributed by atoms with E-state index >= 15 is 0 Å². The lowest BCUT2D eigenvalue weighted by atomic mass is 10.2. The Morgan fingerprint density at radius 1 is 1.50 bits per heavy atom. The summed E-state index contributed by atoms with van der Waals surface area (Å²) in [5, 5.41) is 3.28. The predicted molar refractivity (Wildman–Crippen MR) is 62.3 cm³/mol. The third-order valence-corrected chi connectivity index (χ3v) is 1.85. The third-order valence-electron chi connectivity index (χ3n) is 1.85. The van der Waals surface area contributed by atoms with Gasteiger partial charge < -0.3 is 5.32 Å². The normalized spacial score (nSPS) is 8.93. The summed E-state index contributed by atoms with van der Waals surface area (Å²) in [5.74, 6) is 2.61. The van der Waals surface area contributed by atoms with Crippen molar-refractivity contribution in [3.63, 3.8) is 0 Å². The van der Waals surface area contributed by atoms with Crippen LogP contribution in [0, 0.1) is 12.3 Å². The molecule has 0 atom stereocenters. The Kier molecular flexibility index (Phi) is 3.82. The minimum absolute atomic E-state index is 0.844. The molecule has 1 heteroatoms. The van der Waals surface area contributed by atoms with E-state index < -0.39 is 0 Å². The maximum atomic E-state index is 5.31. The number of terminal acetylenes is 1. The predicted octanol–water partition coefficient (Wildman–Crippen LogP) is 3.05. The van der Waals surface area contributed by atoms with Crippen molar-refractivity contribution in [3.05, 3.63) is 41.5 Å². The van der Waals surface area contributed by atoms with Crippen LogP contribution in [0.2, 0.25) is 0 Å². The molecule has 0 heterocycles. The monoisotopic (exact) mass is 185 g/mol. The van der Waals surface area contributed by atoms with Gasteiger partial charge in [-0.2, -0.15) is 0 Å². The van der Waals surface area contributed by atoms with E-state index in [0.717, 1.165) is 17.8 Å². The van der Waals surface area contributed by atoms with E-state index in [0.29, 0.717) is 0 Å². The molecule has 0 aromatic heterocycles. The van der Waals surface area contributed by atoms with Gasteiger partial charge >= 0.3 is 0 Å². The number of benzene rings is 1. The summed E-state index contributed by atoms with van der Waals surface area (Å²) in [6, 6.07) is 7.87. The highest BCUT2D eigenvalue weighted by Crippen LogP contribution is 2.09. The molecule has 0 spiro atoms. The van der Waals surface area contributed by atoms with E-state index in [1.807, 2.05) is 24.3 Å². The SMILES string of the molecule is C#Cc1cccc(NCC=C(C)C)c1. The summed E-state index contributed by atoms with van der Waals surface area (Å²) in [5.41, 5.74) is 3.29. The summed E-state index contributed by atoms with van der Waals surface area (Å²) in [6.45, 7) is 5.01. The van der Waals surface area contributed by atoms with Gasteiger partial charge in [0.15, 0.2) is 0 Å².